The van der Waals surface area contributed by atoms with Crippen LogP contribution < -0.4 is 11.0 Å². The highest BCUT2D eigenvalue weighted by Gasteiger charge is 2.51. The number of aromatic nitrogens is 1. The SMILES string of the molecule is C=C(N=C(C)C1=CCCC=C1)c1cc(B2OC(C)(C)C(C)(C)O2)cc(C(=C)N=c2c(-c3ccccc3)cccn2C)c1. The summed E-state index contributed by atoms with van der Waals surface area (Å²) in [6.07, 6.45) is 10.6. The topological polar surface area (TPSA) is 48.1 Å². The Labute approximate surface area is 250 Å². The van der Waals surface area contributed by atoms with Crippen molar-refractivity contribution in [2.75, 3.05) is 0 Å². The van der Waals surface area contributed by atoms with Crippen molar-refractivity contribution in [3.8, 4) is 11.1 Å². The summed E-state index contributed by atoms with van der Waals surface area (Å²) in [7, 11) is 1.45. The predicted octanol–water partition coefficient (Wildman–Crippen LogP) is 7.27. The van der Waals surface area contributed by atoms with E-state index < -0.39 is 18.3 Å². The Morgan fingerprint density at radius 3 is 2.19 bits per heavy atom. The largest absolute Gasteiger partial charge is 0.494 e. The van der Waals surface area contributed by atoms with Crippen LogP contribution in [-0.2, 0) is 16.4 Å². The first-order valence-electron chi connectivity index (χ1n) is 14.5. The molecule has 1 aliphatic carbocycles. The zero-order valence-corrected chi connectivity index (χ0v) is 25.6. The van der Waals surface area contributed by atoms with Crippen molar-refractivity contribution in [3.05, 3.63) is 120 Å². The van der Waals surface area contributed by atoms with E-state index in [0.717, 1.165) is 57.3 Å². The van der Waals surface area contributed by atoms with E-state index in [4.69, 9.17) is 19.3 Å². The highest BCUT2D eigenvalue weighted by atomic mass is 16.7. The van der Waals surface area contributed by atoms with Crippen molar-refractivity contribution in [1.82, 2.24) is 4.57 Å². The molecule has 0 saturated carbocycles. The Hall–Kier alpha value is -4.00. The second-order valence-electron chi connectivity index (χ2n) is 12.0. The van der Waals surface area contributed by atoms with Crippen LogP contribution in [0.5, 0.6) is 0 Å². The summed E-state index contributed by atoms with van der Waals surface area (Å²) >= 11 is 0. The number of rotatable bonds is 7. The van der Waals surface area contributed by atoms with Gasteiger partial charge in [-0.25, -0.2) is 4.99 Å². The first kappa shape index (κ1) is 29.5. The van der Waals surface area contributed by atoms with E-state index in [1.54, 1.807) is 0 Å². The Kier molecular flexibility index (Phi) is 8.22. The molecule has 42 heavy (non-hydrogen) atoms. The molecule has 2 aromatic carbocycles. The first-order valence-corrected chi connectivity index (χ1v) is 14.5. The third kappa shape index (κ3) is 6.11. The van der Waals surface area contributed by atoms with Gasteiger partial charge in [0.25, 0.3) is 0 Å². The molecular formula is C36H40BN3O2. The fourth-order valence-electron chi connectivity index (χ4n) is 5.09. The van der Waals surface area contributed by atoms with Crippen molar-refractivity contribution in [1.29, 1.82) is 0 Å². The minimum atomic E-state index is -0.545. The van der Waals surface area contributed by atoms with Gasteiger partial charge in [0.1, 0.15) is 5.49 Å². The molecule has 1 fully saturated rings. The second-order valence-corrected chi connectivity index (χ2v) is 12.0. The standard InChI is InChI=1S/C36H40BN3O2/c1-25(28-16-11-9-12-17-28)38-26(2)30-22-31(24-32(23-30)37-41-35(4,5)36(6,7)42-37)27(3)39-34-33(20-15-21-40(34)8)29-18-13-10-14-19-29/h10-11,13-24H,2-3,9,12H2,1,4-8H3. The number of hydrogen-bond donors (Lipinski definition) is 0. The van der Waals surface area contributed by atoms with Gasteiger partial charge in [0, 0.05) is 24.5 Å². The van der Waals surface area contributed by atoms with E-state index in [0.29, 0.717) is 11.4 Å². The Bertz CT molecular complexity index is 1670. The Morgan fingerprint density at radius 2 is 1.55 bits per heavy atom. The molecule has 1 saturated heterocycles. The van der Waals surface area contributed by atoms with E-state index in [-0.39, 0.29) is 0 Å². The molecule has 5 rings (SSSR count). The lowest BCUT2D eigenvalue weighted by atomic mass is 9.77. The lowest BCUT2D eigenvalue weighted by molar-refractivity contribution is 0.00578. The second kappa shape index (κ2) is 11.7. The zero-order valence-electron chi connectivity index (χ0n) is 25.6. The Balaban J connectivity index is 1.60. The first-order chi connectivity index (χ1) is 19.9. The number of aryl methyl sites for hydroxylation is 1. The molecule has 1 aliphatic heterocycles. The van der Waals surface area contributed by atoms with Gasteiger partial charge in [-0.2, -0.15) is 0 Å². The van der Waals surface area contributed by atoms with Gasteiger partial charge in [0.05, 0.1) is 22.6 Å². The van der Waals surface area contributed by atoms with Crippen molar-refractivity contribution in [2.45, 2.75) is 58.7 Å². The molecule has 2 aliphatic rings. The molecule has 0 amide bonds. The lowest BCUT2D eigenvalue weighted by Crippen LogP contribution is -2.41. The average Bonchev–Trinajstić information content (AvgIpc) is 3.20. The predicted molar refractivity (Wildman–Crippen MR) is 176 cm³/mol. The Morgan fingerprint density at radius 1 is 0.881 bits per heavy atom. The maximum Gasteiger partial charge on any atom is 0.494 e. The third-order valence-electron chi connectivity index (χ3n) is 8.34. The summed E-state index contributed by atoms with van der Waals surface area (Å²) < 4.78 is 14.9. The molecule has 0 radical (unpaired) electrons. The molecule has 2 heterocycles. The molecule has 214 valence electrons. The molecule has 0 bridgehead atoms. The molecule has 0 unspecified atom stereocenters. The average molecular weight is 558 g/mol. The van der Waals surface area contributed by atoms with Crippen LogP contribution in [0.2, 0.25) is 0 Å². The fraction of sp³-hybridized carbons (Fsp3) is 0.278. The maximum absolute atomic E-state index is 6.44. The minimum Gasteiger partial charge on any atom is -0.399 e. The zero-order chi connectivity index (χ0) is 30.1. The smallest absolute Gasteiger partial charge is 0.399 e. The summed E-state index contributed by atoms with van der Waals surface area (Å²) in [5.74, 6) is 0. The third-order valence-corrected chi connectivity index (χ3v) is 8.34. The lowest BCUT2D eigenvalue weighted by Gasteiger charge is -2.32. The van der Waals surface area contributed by atoms with Gasteiger partial charge in [0.15, 0.2) is 0 Å². The van der Waals surface area contributed by atoms with Gasteiger partial charge < -0.3 is 13.9 Å². The van der Waals surface area contributed by atoms with Gasteiger partial charge in [-0.15, -0.1) is 0 Å². The fourth-order valence-corrected chi connectivity index (χ4v) is 5.09. The van der Waals surface area contributed by atoms with E-state index in [9.17, 15) is 0 Å². The molecule has 6 heteroatoms. The number of hydrogen-bond acceptors (Lipinski definition) is 4. The van der Waals surface area contributed by atoms with Gasteiger partial charge in [-0.1, -0.05) is 73.9 Å². The number of nitrogens with zero attached hydrogens (tertiary/aromatic N) is 3. The monoisotopic (exact) mass is 557 g/mol. The minimum absolute atomic E-state index is 0.469. The molecule has 1 aromatic heterocycles. The van der Waals surface area contributed by atoms with Crippen LogP contribution in [0.3, 0.4) is 0 Å². The number of allylic oxidation sites excluding steroid dienone is 4. The number of benzene rings is 2. The molecule has 3 aromatic rings. The van der Waals surface area contributed by atoms with Crippen LogP contribution in [0, 0.1) is 0 Å². The van der Waals surface area contributed by atoms with Crippen molar-refractivity contribution >= 4 is 29.7 Å². The molecule has 0 N–H and O–H groups in total. The summed E-state index contributed by atoms with van der Waals surface area (Å²) in [5.41, 5.74) is 7.96. The van der Waals surface area contributed by atoms with Crippen LogP contribution in [0.4, 0.5) is 0 Å². The molecule has 0 spiro atoms. The highest BCUT2D eigenvalue weighted by molar-refractivity contribution is 6.62. The molecular weight excluding hydrogens is 517 g/mol. The summed E-state index contributed by atoms with van der Waals surface area (Å²) in [6.45, 7) is 19.0. The maximum atomic E-state index is 6.44. The highest BCUT2D eigenvalue weighted by Crippen LogP contribution is 2.37. The van der Waals surface area contributed by atoms with Gasteiger partial charge >= 0.3 is 7.12 Å². The van der Waals surface area contributed by atoms with Crippen LogP contribution in [-0.4, -0.2) is 28.6 Å². The number of pyridine rings is 1. The van der Waals surface area contributed by atoms with E-state index in [1.165, 1.54) is 0 Å². The molecule has 5 nitrogen and oxygen atoms in total. The van der Waals surface area contributed by atoms with Crippen LogP contribution in [0.15, 0.2) is 114 Å². The molecule has 0 atom stereocenters. The van der Waals surface area contributed by atoms with Crippen LogP contribution in [0.25, 0.3) is 22.5 Å². The van der Waals surface area contributed by atoms with Crippen LogP contribution >= 0.6 is 0 Å². The van der Waals surface area contributed by atoms with Gasteiger partial charge in [-0.05, 0) is 93.4 Å². The summed E-state index contributed by atoms with van der Waals surface area (Å²) in [6, 6.07) is 20.6. The van der Waals surface area contributed by atoms with Gasteiger partial charge in [-0.3, -0.25) is 4.99 Å². The normalized spacial score (nSPS) is 18.2. The summed E-state index contributed by atoms with van der Waals surface area (Å²) in [4.78, 5) is 9.97. The van der Waals surface area contributed by atoms with Gasteiger partial charge in [0.2, 0.25) is 0 Å². The number of aliphatic imine (C=N–C) groups is 1. The van der Waals surface area contributed by atoms with Crippen LogP contribution in [0.1, 0.15) is 58.6 Å². The van der Waals surface area contributed by atoms with Crippen molar-refractivity contribution in [2.24, 2.45) is 17.0 Å². The summed E-state index contributed by atoms with van der Waals surface area (Å²) in [5, 5.41) is 0. The van der Waals surface area contributed by atoms with E-state index in [1.807, 2.05) is 49.0 Å². The van der Waals surface area contributed by atoms with Crippen molar-refractivity contribution < 1.29 is 9.31 Å². The van der Waals surface area contributed by atoms with Crippen molar-refractivity contribution in [3.63, 3.8) is 0 Å². The van der Waals surface area contributed by atoms with E-state index in [2.05, 4.69) is 95.5 Å². The quantitative estimate of drug-likeness (QED) is 0.227. The van der Waals surface area contributed by atoms with E-state index >= 15 is 0 Å².